The van der Waals surface area contributed by atoms with Gasteiger partial charge in [-0.3, -0.25) is 4.98 Å². The summed E-state index contributed by atoms with van der Waals surface area (Å²) in [7, 11) is 1.87. The van der Waals surface area contributed by atoms with Crippen LogP contribution in [0.5, 0.6) is 0 Å². The molecule has 2 aromatic heterocycles. The molecule has 0 bridgehead atoms. The standard InChI is InChI=1S/C12H13N3/c1-13-12-4-2-3-11(15-12)9-10-5-7-14-8-6-10/h2-8H,9H2,1H3,(H,13,15). The summed E-state index contributed by atoms with van der Waals surface area (Å²) >= 11 is 0. The number of rotatable bonds is 3. The van der Waals surface area contributed by atoms with Crippen molar-refractivity contribution >= 4 is 5.82 Å². The Hall–Kier alpha value is -1.90. The van der Waals surface area contributed by atoms with E-state index in [0.717, 1.165) is 17.9 Å². The van der Waals surface area contributed by atoms with Crippen LogP contribution in [0.3, 0.4) is 0 Å². The highest BCUT2D eigenvalue weighted by Gasteiger charge is 1.98. The summed E-state index contributed by atoms with van der Waals surface area (Å²) < 4.78 is 0. The van der Waals surface area contributed by atoms with Gasteiger partial charge in [0.2, 0.25) is 0 Å². The third-order valence-electron chi connectivity index (χ3n) is 2.20. The Bertz CT molecular complexity index is 426. The molecule has 0 saturated carbocycles. The number of hydrogen-bond acceptors (Lipinski definition) is 3. The summed E-state index contributed by atoms with van der Waals surface area (Å²) in [6.07, 6.45) is 4.45. The van der Waals surface area contributed by atoms with Gasteiger partial charge in [-0.15, -0.1) is 0 Å². The molecule has 0 aliphatic rings. The monoisotopic (exact) mass is 199 g/mol. The van der Waals surface area contributed by atoms with Gasteiger partial charge in [0.15, 0.2) is 0 Å². The van der Waals surface area contributed by atoms with Crippen molar-refractivity contribution in [2.75, 3.05) is 12.4 Å². The molecule has 0 amide bonds. The van der Waals surface area contributed by atoms with Crippen LogP contribution in [-0.2, 0) is 6.42 Å². The molecule has 0 unspecified atom stereocenters. The van der Waals surface area contributed by atoms with Crippen molar-refractivity contribution in [1.82, 2.24) is 9.97 Å². The molecule has 0 spiro atoms. The number of anilines is 1. The molecule has 2 rings (SSSR count). The summed E-state index contributed by atoms with van der Waals surface area (Å²) in [6.45, 7) is 0. The van der Waals surface area contributed by atoms with Crippen molar-refractivity contribution in [3.63, 3.8) is 0 Å². The second-order valence-corrected chi connectivity index (χ2v) is 3.30. The van der Waals surface area contributed by atoms with E-state index in [1.165, 1.54) is 5.56 Å². The van der Waals surface area contributed by atoms with E-state index in [1.807, 2.05) is 37.4 Å². The highest BCUT2D eigenvalue weighted by Crippen LogP contribution is 2.09. The molecule has 2 aromatic rings. The zero-order valence-corrected chi connectivity index (χ0v) is 8.64. The number of nitrogens with zero attached hydrogens (tertiary/aromatic N) is 2. The van der Waals surface area contributed by atoms with E-state index < -0.39 is 0 Å². The highest BCUT2D eigenvalue weighted by molar-refractivity contribution is 5.35. The Kier molecular flexibility index (Phi) is 2.93. The SMILES string of the molecule is CNc1cccc(Cc2ccncc2)n1. The maximum Gasteiger partial charge on any atom is 0.125 e. The Labute approximate surface area is 89.2 Å². The highest BCUT2D eigenvalue weighted by atomic mass is 15.0. The average molecular weight is 199 g/mol. The van der Waals surface area contributed by atoms with Gasteiger partial charge in [0.25, 0.3) is 0 Å². The third kappa shape index (κ3) is 2.53. The molecule has 1 N–H and O–H groups in total. The van der Waals surface area contributed by atoms with Crippen molar-refractivity contribution in [2.45, 2.75) is 6.42 Å². The van der Waals surface area contributed by atoms with E-state index in [1.54, 1.807) is 12.4 Å². The van der Waals surface area contributed by atoms with Crippen molar-refractivity contribution in [3.05, 3.63) is 54.0 Å². The molecule has 0 radical (unpaired) electrons. The summed E-state index contributed by atoms with van der Waals surface area (Å²) in [4.78, 5) is 8.44. The van der Waals surface area contributed by atoms with Crippen LogP contribution >= 0.6 is 0 Å². The molecule has 0 aliphatic heterocycles. The van der Waals surface area contributed by atoms with E-state index in [9.17, 15) is 0 Å². The molecule has 76 valence electrons. The van der Waals surface area contributed by atoms with E-state index >= 15 is 0 Å². The van der Waals surface area contributed by atoms with Crippen LogP contribution in [0.4, 0.5) is 5.82 Å². The second-order valence-electron chi connectivity index (χ2n) is 3.30. The van der Waals surface area contributed by atoms with Gasteiger partial charge < -0.3 is 5.32 Å². The molecular formula is C12H13N3. The van der Waals surface area contributed by atoms with Gasteiger partial charge in [0.1, 0.15) is 5.82 Å². The first-order chi connectivity index (χ1) is 7.38. The van der Waals surface area contributed by atoms with Gasteiger partial charge in [0, 0.05) is 31.6 Å². The van der Waals surface area contributed by atoms with Crippen molar-refractivity contribution < 1.29 is 0 Å². The molecule has 0 aromatic carbocycles. The quantitative estimate of drug-likeness (QED) is 0.822. The fourth-order valence-electron chi connectivity index (χ4n) is 1.43. The van der Waals surface area contributed by atoms with Crippen molar-refractivity contribution in [3.8, 4) is 0 Å². The minimum atomic E-state index is 0.845. The Morgan fingerprint density at radius 3 is 2.67 bits per heavy atom. The van der Waals surface area contributed by atoms with Gasteiger partial charge in [-0.05, 0) is 29.8 Å². The summed E-state index contributed by atoms with van der Waals surface area (Å²) in [6, 6.07) is 10.0. The van der Waals surface area contributed by atoms with Crippen molar-refractivity contribution in [1.29, 1.82) is 0 Å². The van der Waals surface area contributed by atoms with Crippen LogP contribution in [0.2, 0.25) is 0 Å². The first kappa shape index (κ1) is 9.65. The van der Waals surface area contributed by atoms with Crippen LogP contribution in [0.1, 0.15) is 11.3 Å². The molecular weight excluding hydrogens is 186 g/mol. The number of aromatic nitrogens is 2. The lowest BCUT2D eigenvalue weighted by atomic mass is 10.1. The number of hydrogen-bond donors (Lipinski definition) is 1. The van der Waals surface area contributed by atoms with E-state index in [0.29, 0.717) is 0 Å². The molecule has 0 aliphatic carbocycles. The zero-order chi connectivity index (χ0) is 10.5. The molecule has 3 heteroatoms. The van der Waals surface area contributed by atoms with Crippen LogP contribution in [0.15, 0.2) is 42.7 Å². The fourth-order valence-corrected chi connectivity index (χ4v) is 1.43. The van der Waals surface area contributed by atoms with E-state index in [-0.39, 0.29) is 0 Å². The van der Waals surface area contributed by atoms with Gasteiger partial charge in [-0.2, -0.15) is 0 Å². The molecule has 15 heavy (non-hydrogen) atoms. The Morgan fingerprint density at radius 1 is 1.13 bits per heavy atom. The molecule has 0 atom stereocenters. The van der Waals surface area contributed by atoms with Crippen LogP contribution in [0.25, 0.3) is 0 Å². The zero-order valence-electron chi connectivity index (χ0n) is 8.64. The molecule has 3 nitrogen and oxygen atoms in total. The lowest BCUT2D eigenvalue weighted by molar-refractivity contribution is 1.06. The number of pyridine rings is 2. The summed E-state index contributed by atoms with van der Waals surface area (Å²) in [5.74, 6) is 0.904. The first-order valence-electron chi connectivity index (χ1n) is 4.91. The normalized spacial score (nSPS) is 9.93. The lowest BCUT2D eigenvalue weighted by Crippen LogP contribution is -1.97. The summed E-state index contributed by atoms with van der Waals surface area (Å²) in [5, 5.41) is 3.03. The molecule has 0 fully saturated rings. The predicted octanol–water partition coefficient (Wildman–Crippen LogP) is 2.11. The van der Waals surface area contributed by atoms with Gasteiger partial charge in [-0.1, -0.05) is 6.07 Å². The van der Waals surface area contributed by atoms with E-state index in [4.69, 9.17) is 0 Å². The van der Waals surface area contributed by atoms with Gasteiger partial charge in [-0.25, -0.2) is 4.98 Å². The Balaban J connectivity index is 2.17. The molecule has 0 saturated heterocycles. The topological polar surface area (TPSA) is 37.8 Å². The van der Waals surface area contributed by atoms with Crippen LogP contribution in [-0.4, -0.2) is 17.0 Å². The fraction of sp³-hybridized carbons (Fsp3) is 0.167. The lowest BCUT2D eigenvalue weighted by Gasteiger charge is -2.03. The maximum absolute atomic E-state index is 4.46. The smallest absolute Gasteiger partial charge is 0.125 e. The van der Waals surface area contributed by atoms with Crippen molar-refractivity contribution in [2.24, 2.45) is 0 Å². The van der Waals surface area contributed by atoms with Gasteiger partial charge in [0.05, 0.1) is 0 Å². The second kappa shape index (κ2) is 4.55. The first-order valence-corrected chi connectivity index (χ1v) is 4.91. The van der Waals surface area contributed by atoms with Crippen LogP contribution < -0.4 is 5.32 Å². The van der Waals surface area contributed by atoms with Gasteiger partial charge >= 0.3 is 0 Å². The minimum absolute atomic E-state index is 0.845. The largest absolute Gasteiger partial charge is 0.373 e. The third-order valence-corrected chi connectivity index (χ3v) is 2.20. The number of nitrogens with one attached hydrogen (secondary N) is 1. The van der Waals surface area contributed by atoms with Crippen LogP contribution in [0, 0.1) is 0 Å². The maximum atomic E-state index is 4.46. The average Bonchev–Trinajstić information content (AvgIpc) is 2.31. The molecule has 2 heterocycles. The van der Waals surface area contributed by atoms with E-state index in [2.05, 4.69) is 15.3 Å². The summed E-state index contributed by atoms with van der Waals surface area (Å²) in [5.41, 5.74) is 2.29. The Morgan fingerprint density at radius 2 is 1.93 bits per heavy atom. The minimum Gasteiger partial charge on any atom is -0.373 e. The predicted molar refractivity (Wildman–Crippen MR) is 60.8 cm³/mol.